The molecule has 0 unspecified atom stereocenters. The summed E-state index contributed by atoms with van der Waals surface area (Å²) in [6.07, 6.45) is 12.9. The van der Waals surface area contributed by atoms with E-state index in [1.807, 2.05) is 6.08 Å². The van der Waals surface area contributed by atoms with Crippen molar-refractivity contribution in [3.63, 3.8) is 0 Å². The molecular formula is C14H27NO. The summed E-state index contributed by atoms with van der Waals surface area (Å²) in [6, 6.07) is 0. The van der Waals surface area contributed by atoms with Gasteiger partial charge in [-0.15, -0.1) is 6.58 Å². The van der Waals surface area contributed by atoms with Crippen molar-refractivity contribution in [3.05, 3.63) is 12.7 Å². The Labute approximate surface area is 100 Å². The number of hydrogen-bond acceptors (Lipinski definition) is 2. The van der Waals surface area contributed by atoms with Crippen molar-refractivity contribution in [3.8, 4) is 0 Å². The van der Waals surface area contributed by atoms with Gasteiger partial charge in [-0.3, -0.25) is 0 Å². The molecule has 0 heterocycles. The molecule has 2 nitrogen and oxygen atoms in total. The third kappa shape index (κ3) is 5.66. The fourth-order valence-corrected chi connectivity index (χ4v) is 2.35. The van der Waals surface area contributed by atoms with Crippen molar-refractivity contribution in [2.75, 3.05) is 13.2 Å². The minimum atomic E-state index is -0.0145. The Kier molecular flexibility index (Phi) is 6.74. The van der Waals surface area contributed by atoms with Gasteiger partial charge in [0.15, 0.2) is 0 Å². The quantitative estimate of drug-likeness (QED) is 0.507. The van der Waals surface area contributed by atoms with E-state index in [2.05, 4.69) is 6.58 Å². The second-order valence-electron chi connectivity index (χ2n) is 5.11. The van der Waals surface area contributed by atoms with E-state index in [-0.39, 0.29) is 5.54 Å². The second kappa shape index (κ2) is 7.86. The van der Waals surface area contributed by atoms with E-state index in [0.717, 1.165) is 38.9 Å². The highest BCUT2D eigenvalue weighted by molar-refractivity contribution is 4.86. The molecule has 0 bridgehead atoms. The molecule has 1 aliphatic carbocycles. The van der Waals surface area contributed by atoms with Crippen LogP contribution in [0.3, 0.4) is 0 Å². The fourth-order valence-electron chi connectivity index (χ4n) is 2.35. The number of rotatable bonds is 8. The molecule has 0 spiro atoms. The number of hydrogen-bond donors (Lipinski definition) is 1. The lowest BCUT2D eigenvalue weighted by Gasteiger charge is -2.33. The lowest BCUT2D eigenvalue weighted by atomic mass is 9.83. The van der Waals surface area contributed by atoms with Crippen molar-refractivity contribution in [2.24, 2.45) is 5.73 Å². The van der Waals surface area contributed by atoms with E-state index in [1.54, 1.807) is 0 Å². The van der Waals surface area contributed by atoms with Crippen LogP contribution in [-0.4, -0.2) is 18.8 Å². The molecule has 0 saturated heterocycles. The Hall–Kier alpha value is -0.340. The zero-order chi connectivity index (χ0) is 11.7. The molecule has 2 N–H and O–H groups in total. The minimum absolute atomic E-state index is 0.0145. The third-order valence-corrected chi connectivity index (χ3v) is 3.44. The minimum Gasteiger partial charge on any atom is -0.380 e. The van der Waals surface area contributed by atoms with Crippen LogP contribution in [0.5, 0.6) is 0 Å². The predicted octanol–water partition coefficient (Wildman–Crippen LogP) is 3.41. The summed E-state index contributed by atoms with van der Waals surface area (Å²) in [5, 5.41) is 0. The molecule has 1 aliphatic rings. The van der Waals surface area contributed by atoms with Gasteiger partial charge in [0.05, 0.1) is 6.61 Å². The van der Waals surface area contributed by atoms with Gasteiger partial charge in [0.2, 0.25) is 0 Å². The third-order valence-electron chi connectivity index (χ3n) is 3.44. The number of nitrogens with two attached hydrogens (primary N) is 1. The molecule has 1 rings (SSSR count). The van der Waals surface area contributed by atoms with E-state index < -0.39 is 0 Å². The Balaban J connectivity index is 1.95. The average Bonchev–Trinajstić information content (AvgIpc) is 2.29. The first-order chi connectivity index (χ1) is 7.77. The van der Waals surface area contributed by atoms with Crippen LogP contribution in [-0.2, 0) is 4.74 Å². The van der Waals surface area contributed by atoms with Gasteiger partial charge < -0.3 is 10.5 Å². The topological polar surface area (TPSA) is 35.2 Å². The van der Waals surface area contributed by atoms with Crippen molar-refractivity contribution in [1.82, 2.24) is 0 Å². The van der Waals surface area contributed by atoms with Crippen molar-refractivity contribution in [2.45, 2.75) is 63.3 Å². The summed E-state index contributed by atoms with van der Waals surface area (Å²) in [6.45, 7) is 5.35. The molecule has 2 heteroatoms. The smallest absolute Gasteiger partial charge is 0.0646 e. The van der Waals surface area contributed by atoms with E-state index >= 15 is 0 Å². The van der Waals surface area contributed by atoms with E-state index in [9.17, 15) is 0 Å². The van der Waals surface area contributed by atoms with Crippen LogP contribution in [0.25, 0.3) is 0 Å². The highest BCUT2D eigenvalue weighted by atomic mass is 16.5. The first kappa shape index (κ1) is 13.7. The summed E-state index contributed by atoms with van der Waals surface area (Å²) in [5.74, 6) is 0. The van der Waals surface area contributed by atoms with Crippen LogP contribution >= 0.6 is 0 Å². The lowest BCUT2D eigenvalue weighted by molar-refractivity contribution is 0.0656. The molecule has 16 heavy (non-hydrogen) atoms. The molecule has 1 fully saturated rings. The SMILES string of the molecule is C=CCCCCCOCC1(N)CCCCC1. The molecule has 0 amide bonds. The van der Waals surface area contributed by atoms with Gasteiger partial charge in [-0.05, 0) is 32.1 Å². The molecule has 0 aromatic heterocycles. The molecular weight excluding hydrogens is 198 g/mol. The Morgan fingerprint density at radius 2 is 1.88 bits per heavy atom. The first-order valence-electron chi connectivity index (χ1n) is 6.74. The van der Waals surface area contributed by atoms with Crippen LogP contribution in [0.4, 0.5) is 0 Å². The number of unbranched alkanes of at least 4 members (excludes halogenated alkanes) is 3. The second-order valence-corrected chi connectivity index (χ2v) is 5.11. The normalized spacial score (nSPS) is 19.6. The molecule has 0 aromatic rings. The van der Waals surface area contributed by atoms with Crippen LogP contribution in [0.2, 0.25) is 0 Å². The standard InChI is InChI=1S/C14H27NO/c1-2-3-4-5-9-12-16-13-14(15)10-7-6-8-11-14/h2H,1,3-13,15H2. The van der Waals surface area contributed by atoms with E-state index in [0.29, 0.717) is 0 Å². The van der Waals surface area contributed by atoms with Gasteiger partial charge in [-0.1, -0.05) is 31.8 Å². The van der Waals surface area contributed by atoms with E-state index in [1.165, 1.54) is 32.1 Å². The Morgan fingerprint density at radius 1 is 1.12 bits per heavy atom. The summed E-state index contributed by atoms with van der Waals surface area (Å²) in [7, 11) is 0. The van der Waals surface area contributed by atoms with Crippen molar-refractivity contribution < 1.29 is 4.74 Å². The zero-order valence-electron chi connectivity index (χ0n) is 10.5. The van der Waals surface area contributed by atoms with Gasteiger partial charge in [0, 0.05) is 12.1 Å². The molecule has 94 valence electrons. The average molecular weight is 225 g/mol. The number of ether oxygens (including phenoxy) is 1. The van der Waals surface area contributed by atoms with Gasteiger partial charge >= 0.3 is 0 Å². The monoisotopic (exact) mass is 225 g/mol. The van der Waals surface area contributed by atoms with Crippen molar-refractivity contribution >= 4 is 0 Å². The summed E-state index contributed by atoms with van der Waals surface area (Å²) in [4.78, 5) is 0. The lowest BCUT2D eigenvalue weighted by Crippen LogP contribution is -2.46. The number of allylic oxidation sites excluding steroid dienone is 1. The van der Waals surface area contributed by atoms with Crippen LogP contribution in [0, 0.1) is 0 Å². The van der Waals surface area contributed by atoms with Gasteiger partial charge in [-0.25, -0.2) is 0 Å². The maximum Gasteiger partial charge on any atom is 0.0646 e. The highest BCUT2D eigenvalue weighted by Crippen LogP contribution is 2.26. The molecule has 1 saturated carbocycles. The largest absolute Gasteiger partial charge is 0.380 e. The Bertz CT molecular complexity index is 185. The van der Waals surface area contributed by atoms with Gasteiger partial charge in [0.1, 0.15) is 0 Å². The van der Waals surface area contributed by atoms with Crippen molar-refractivity contribution in [1.29, 1.82) is 0 Å². The maximum absolute atomic E-state index is 6.28. The van der Waals surface area contributed by atoms with Gasteiger partial charge in [0.25, 0.3) is 0 Å². The first-order valence-corrected chi connectivity index (χ1v) is 6.74. The Morgan fingerprint density at radius 3 is 2.56 bits per heavy atom. The van der Waals surface area contributed by atoms with E-state index in [4.69, 9.17) is 10.5 Å². The predicted molar refractivity (Wildman–Crippen MR) is 69.5 cm³/mol. The van der Waals surface area contributed by atoms with Crippen LogP contribution < -0.4 is 5.73 Å². The van der Waals surface area contributed by atoms with Crippen LogP contribution in [0.1, 0.15) is 57.8 Å². The molecule has 0 radical (unpaired) electrons. The molecule has 0 aromatic carbocycles. The molecule has 0 atom stereocenters. The zero-order valence-corrected chi connectivity index (χ0v) is 10.5. The summed E-state index contributed by atoms with van der Waals surface area (Å²) >= 11 is 0. The maximum atomic E-state index is 6.28. The molecule has 0 aliphatic heterocycles. The van der Waals surface area contributed by atoms with Crippen LogP contribution in [0.15, 0.2) is 12.7 Å². The summed E-state index contributed by atoms with van der Waals surface area (Å²) in [5.41, 5.74) is 6.27. The highest BCUT2D eigenvalue weighted by Gasteiger charge is 2.27. The summed E-state index contributed by atoms with van der Waals surface area (Å²) < 4.78 is 5.71. The fraction of sp³-hybridized carbons (Fsp3) is 0.857. The van der Waals surface area contributed by atoms with Gasteiger partial charge in [-0.2, -0.15) is 0 Å².